The highest BCUT2D eigenvalue weighted by molar-refractivity contribution is 5.95. The number of nitrogen functional groups attached to an aromatic ring is 1. The van der Waals surface area contributed by atoms with E-state index in [0.717, 1.165) is 31.4 Å². The highest BCUT2D eigenvalue weighted by atomic mass is 19.1. The third-order valence-electron chi connectivity index (χ3n) is 4.36. The monoisotopic (exact) mass is 266 g/mol. The lowest BCUT2D eigenvalue weighted by Gasteiger charge is -2.23. The van der Waals surface area contributed by atoms with Crippen LogP contribution in [0.5, 0.6) is 0 Å². The summed E-state index contributed by atoms with van der Waals surface area (Å²) in [4.78, 5) is 12.0. The van der Waals surface area contributed by atoms with E-state index in [4.69, 9.17) is 5.73 Å². The molecule has 19 heavy (non-hydrogen) atoms. The maximum atomic E-state index is 13.7. The Morgan fingerprint density at radius 3 is 2.68 bits per heavy atom. The number of carbonyl (C=O) groups excluding carboxylic acids is 1. The van der Waals surface area contributed by atoms with Crippen LogP contribution in [0.25, 0.3) is 0 Å². The summed E-state index contributed by atoms with van der Waals surface area (Å²) >= 11 is 0. The first-order valence-corrected chi connectivity index (χ1v) is 6.60. The van der Waals surface area contributed by atoms with Gasteiger partial charge >= 0.3 is 0 Å². The number of nitrogens with one attached hydrogen (secondary N) is 1. The van der Waals surface area contributed by atoms with Crippen LogP contribution in [0.3, 0.4) is 0 Å². The van der Waals surface area contributed by atoms with Crippen molar-refractivity contribution < 1.29 is 13.6 Å². The number of hydrogen-bond acceptors (Lipinski definition) is 2. The summed E-state index contributed by atoms with van der Waals surface area (Å²) in [6, 6.07) is 1.87. The lowest BCUT2D eigenvalue weighted by atomic mass is 9.95. The van der Waals surface area contributed by atoms with Gasteiger partial charge in [0.15, 0.2) is 5.82 Å². The molecule has 2 bridgehead atoms. The third-order valence-corrected chi connectivity index (χ3v) is 4.36. The molecule has 3 unspecified atom stereocenters. The number of benzene rings is 1. The van der Waals surface area contributed by atoms with Gasteiger partial charge < -0.3 is 11.1 Å². The predicted octanol–water partition coefficient (Wildman–Crippen LogP) is 2.47. The van der Waals surface area contributed by atoms with Gasteiger partial charge in [0.1, 0.15) is 5.82 Å². The van der Waals surface area contributed by atoms with Crippen LogP contribution in [-0.4, -0.2) is 11.9 Å². The Labute approximate surface area is 110 Å². The highest BCUT2D eigenvalue weighted by Gasteiger charge is 2.40. The van der Waals surface area contributed by atoms with Gasteiger partial charge in [-0.2, -0.15) is 0 Å². The summed E-state index contributed by atoms with van der Waals surface area (Å²) < 4.78 is 26.9. The van der Waals surface area contributed by atoms with Gasteiger partial charge in [-0.3, -0.25) is 4.79 Å². The number of halogens is 2. The fourth-order valence-electron chi connectivity index (χ4n) is 3.44. The van der Waals surface area contributed by atoms with E-state index in [9.17, 15) is 13.6 Å². The van der Waals surface area contributed by atoms with E-state index < -0.39 is 17.5 Å². The third kappa shape index (κ3) is 2.17. The van der Waals surface area contributed by atoms with Crippen LogP contribution in [0.15, 0.2) is 12.1 Å². The quantitative estimate of drug-likeness (QED) is 0.808. The average molecular weight is 266 g/mol. The van der Waals surface area contributed by atoms with E-state index in [2.05, 4.69) is 5.32 Å². The van der Waals surface area contributed by atoms with Gasteiger partial charge in [0.05, 0.1) is 11.3 Å². The molecule has 0 heterocycles. The van der Waals surface area contributed by atoms with E-state index in [1.807, 2.05) is 0 Å². The summed E-state index contributed by atoms with van der Waals surface area (Å²) in [6.07, 6.45) is 4.42. The first-order valence-electron chi connectivity index (χ1n) is 6.60. The fourth-order valence-corrected chi connectivity index (χ4v) is 3.44. The predicted molar refractivity (Wildman–Crippen MR) is 67.5 cm³/mol. The first-order chi connectivity index (χ1) is 9.04. The number of anilines is 1. The van der Waals surface area contributed by atoms with E-state index >= 15 is 0 Å². The molecule has 3 N–H and O–H groups in total. The van der Waals surface area contributed by atoms with Gasteiger partial charge in [-0.05, 0) is 43.2 Å². The summed E-state index contributed by atoms with van der Waals surface area (Å²) in [5, 5.41) is 2.82. The van der Waals surface area contributed by atoms with Crippen LogP contribution in [0.2, 0.25) is 0 Å². The second-order valence-corrected chi connectivity index (χ2v) is 5.61. The molecule has 2 aliphatic carbocycles. The van der Waals surface area contributed by atoms with Crippen LogP contribution in [0.1, 0.15) is 36.0 Å². The molecule has 2 aliphatic rings. The topological polar surface area (TPSA) is 55.1 Å². The van der Waals surface area contributed by atoms with Crippen LogP contribution >= 0.6 is 0 Å². The molecule has 3 nitrogen and oxygen atoms in total. The molecule has 0 aromatic heterocycles. The molecule has 0 spiro atoms. The Bertz CT molecular complexity index is 532. The molecule has 2 saturated carbocycles. The van der Waals surface area contributed by atoms with Crippen molar-refractivity contribution >= 4 is 11.6 Å². The Kier molecular flexibility index (Phi) is 2.92. The van der Waals surface area contributed by atoms with Crippen molar-refractivity contribution in [1.29, 1.82) is 0 Å². The summed E-state index contributed by atoms with van der Waals surface area (Å²) in [5.41, 5.74) is 4.69. The summed E-state index contributed by atoms with van der Waals surface area (Å²) in [6.45, 7) is 0. The van der Waals surface area contributed by atoms with Gasteiger partial charge in [-0.25, -0.2) is 8.78 Å². The van der Waals surface area contributed by atoms with E-state index in [-0.39, 0.29) is 17.3 Å². The van der Waals surface area contributed by atoms with Crippen molar-refractivity contribution in [3.63, 3.8) is 0 Å². The Balaban J connectivity index is 1.77. The largest absolute Gasteiger partial charge is 0.396 e. The van der Waals surface area contributed by atoms with E-state index in [1.54, 1.807) is 0 Å². The molecule has 0 saturated heterocycles. The second-order valence-electron chi connectivity index (χ2n) is 5.61. The molecule has 3 atom stereocenters. The number of fused-ring (bicyclic) bond motifs is 2. The van der Waals surface area contributed by atoms with Gasteiger partial charge in [0, 0.05) is 6.04 Å². The van der Waals surface area contributed by atoms with Crippen LogP contribution < -0.4 is 11.1 Å². The molecule has 0 radical (unpaired) electrons. The van der Waals surface area contributed by atoms with Gasteiger partial charge in [-0.15, -0.1) is 0 Å². The molecule has 1 amide bonds. The molecule has 3 rings (SSSR count). The van der Waals surface area contributed by atoms with Crippen molar-refractivity contribution in [3.05, 3.63) is 29.3 Å². The Morgan fingerprint density at radius 1 is 1.26 bits per heavy atom. The van der Waals surface area contributed by atoms with Crippen molar-refractivity contribution in [3.8, 4) is 0 Å². The Morgan fingerprint density at radius 2 is 2.05 bits per heavy atom. The Hall–Kier alpha value is -1.65. The molecular weight excluding hydrogens is 250 g/mol. The number of amides is 1. The number of rotatable bonds is 2. The zero-order valence-corrected chi connectivity index (χ0v) is 10.5. The number of carbonyl (C=O) groups is 1. The zero-order chi connectivity index (χ0) is 13.6. The minimum absolute atomic E-state index is 0.0927. The SMILES string of the molecule is Nc1cc(F)cc(C(=O)NC2CC3CCC2C3)c1F. The molecule has 102 valence electrons. The normalized spacial score (nSPS) is 28.6. The lowest BCUT2D eigenvalue weighted by Crippen LogP contribution is -2.38. The van der Waals surface area contributed by atoms with Gasteiger partial charge in [0.25, 0.3) is 5.91 Å². The average Bonchev–Trinajstić information content (AvgIpc) is 2.95. The maximum absolute atomic E-state index is 13.7. The number of hydrogen-bond donors (Lipinski definition) is 2. The van der Waals surface area contributed by atoms with Crippen molar-refractivity contribution in [2.75, 3.05) is 5.73 Å². The second kappa shape index (κ2) is 4.47. The molecule has 1 aromatic rings. The molecule has 0 aliphatic heterocycles. The van der Waals surface area contributed by atoms with Crippen LogP contribution in [0, 0.1) is 23.5 Å². The zero-order valence-electron chi connectivity index (χ0n) is 10.5. The fraction of sp³-hybridized carbons (Fsp3) is 0.500. The number of nitrogens with two attached hydrogens (primary N) is 1. The maximum Gasteiger partial charge on any atom is 0.254 e. The molecule has 2 fully saturated rings. The minimum atomic E-state index is -0.845. The van der Waals surface area contributed by atoms with Crippen molar-refractivity contribution in [2.45, 2.75) is 31.7 Å². The molecular formula is C14H16F2N2O. The molecule has 1 aromatic carbocycles. The van der Waals surface area contributed by atoms with Crippen LogP contribution in [-0.2, 0) is 0 Å². The summed E-state index contributed by atoms with van der Waals surface area (Å²) in [7, 11) is 0. The minimum Gasteiger partial charge on any atom is -0.396 e. The summed E-state index contributed by atoms with van der Waals surface area (Å²) in [5.74, 6) is -0.944. The van der Waals surface area contributed by atoms with E-state index in [1.165, 1.54) is 6.42 Å². The van der Waals surface area contributed by atoms with Crippen LogP contribution in [0.4, 0.5) is 14.5 Å². The first kappa shape index (κ1) is 12.4. The smallest absolute Gasteiger partial charge is 0.254 e. The van der Waals surface area contributed by atoms with Crippen molar-refractivity contribution in [2.24, 2.45) is 11.8 Å². The van der Waals surface area contributed by atoms with Gasteiger partial charge in [0.2, 0.25) is 0 Å². The standard InChI is InChI=1S/C14H16F2N2O/c15-9-5-10(13(16)11(17)6-9)14(19)18-12-4-7-1-2-8(12)3-7/h5-8,12H,1-4,17H2,(H,18,19). The van der Waals surface area contributed by atoms with Gasteiger partial charge in [-0.1, -0.05) is 6.42 Å². The highest BCUT2D eigenvalue weighted by Crippen LogP contribution is 2.44. The van der Waals surface area contributed by atoms with Crippen molar-refractivity contribution in [1.82, 2.24) is 5.32 Å². The molecule has 5 heteroatoms. The lowest BCUT2D eigenvalue weighted by molar-refractivity contribution is 0.0918. The van der Waals surface area contributed by atoms with E-state index in [0.29, 0.717) is 11.8 Å².